The highest BCUT2D eigenvalue weighted by atomic mass is 127. The number of rotatable bonds is 2. The van der Waals surface area contributed by atoms with Gasteiger partial charge >= 0.3 is 5.69 Å². The number of hydrogen-bond acceptors (Lipinski definition) is 5. The van der Waals surface area contributed by atoms with Crippen molar-refractivity contribution in [2.45, 2.75) is 35.7 Å². The van der Waals surface area contributed by atoms with Crippen LogP contribution in [0.2, 0.25) is 0 Å². The molecule has 0 saturated carbocycles. The van der Waals surface area contributed by atoms with Crippen molar-refractivity contribution in [2.75, 3.05) is 5.73 Å². The molecule has 1 aliphatic heterocycles. The van der Waals surface area contributed by atoms with Crippen molar-refractivity contribution in [3.63, 3.8) is 0 Å². The fourth-order valence-electron chi connectivity index (χ4n) is 1.88. The zero-order valence-corrected chi connectivity index (χ0v) is 11.4. The fraction of sp³-hybridized carbons (Fsp3) is 0.600. The van der Waals surface area contributed by atoms with Gasteiger partial charge in [0, 0.05) is 6.20 Å². The molecule has 3 N–H and O–H groups in total. The topological polar surface area (TPSA) is 90.4 Å². The number of aliphatic hydroxyl groups is 1. The van der Waals surface area contributed by atoms with E-state index in [2.05, 4.69) is 27.6 Å². The molecule has 6 nitrogen and oxygen atoms in total. The van der Waals surface area contributed by atoms with E-state index in [0.717, 1.165) is 0 Å². The van der Waals surface area contributed by atoms with E-state index in [-0.39, 0.29) is 15.8 Å². The molecule has 0 bridgehead atoms. The largest absolute Gasteiger partial charge is 0.389 e. The Kier molecular flexibility index (Phi) is 3.69. The van der Waals surface area contributed by atoms with Gasteiger partial charge in [0.25, 0.3) is 0 Å². The highest BCUT2D eigenvalue weighted by Crippen LogP contribution is 2.35. The van der Waals surface area contributed by atoms with Crippen molar-refractivity contribution in [3.05, 3.63) is 22.7 Å². The van der Waals surface area contributed by atoms with Crippen LogP contribution in [-0.4, -0.2) is 30.8 Å². The molecule has 7 heteroatoms. The summed E-state index contributed by atoms with van der Waals surface area (Å²) in [6, 6.07) is 1.54. The van der Waals surface area contributed by atoms with Crippen molar-refractivity contribution in [3.8, 4) is 0 Å². The van der Waals surface area contributed by atoms with E-state index in [0.29, 0.717) is 6.42 Å². The predicted octanol–water partition coefficient (Wildman–Crippen LogP) is 0.297. The molecule has 2 heterocycles. The molecule has 0 amide bonds. The van der Waals surface area contributed by atoms with E-state index < -0.39 is 18.0 Å². The molecular formula is C10H14IN3O3. The maximum absolute atomic E-state index is 11.7. The van der Waals surface area contributed by atoms with Gasteiger partial charge in [-0.25, -0.2) is 4.79 Å². The first-order valence-corrected chi connectivity index (χ1v) is 6.61. The predicted molar refractivity (Wildman–Crippen MR) is 70.9 cm³/mol. The van der Waals surface area contributed by atoms with E-state index in [1.54, 1.807) is 12.3 Å². The van der Waals surface area contributed by atoms with Crippen LogP contribution in [0.15, 0.2) is 17.1 Å². The third-order valence-electron chi connectivity index (χ3n) is 2.82. The van der Waals surface area contributed by atoms with Gasteiger partial charge < -0.3 is 15.6 Å². The Bertz CT molecular complexity index is 464. The SMILES string of the molecule is CC[C@H]1O[C@@H](n2ccc(N)nc2=O)C(I)C1O. The third kappa shape index (κ3) is 2.31. The van der Waals surface area contributed by atoms with Crippen LogP contribution in [0.25, 0.3) is 0 Å². The van der Waals surface area contributed by atoms with Crippen molar-refractivity contribution in [2.24, 2.45) is 0 Å². The van der Waals surface area contributed by atoms with Crippen LogP contribution < -0.4 is 11.4 Å². The van der Waals surface area contributed by atoms with E-state index in [9.17, 15) is 9.90 Å². The third-order valence-corrected chi connectivity index (χ3v) is 4.17. The van der Waals surface area contributed by atoms with E-state index in [4.69, 9.17) is 10.5 Å². The second kappa shape index (κ2) is 4.91. The number of nitrogens with zero attached hydrogens (tertiary/aromatic N) is 2. The normalized spacial score (nSPS) is 32.9. The van der Waals surface area contributed by atoms with Crippen LogP contribution in [0, 0.1) is 0 Å². The molecule has 1 saturated heterocycles. The lowest BCUT2D eigenvalue weighted by atomic mass is 10.1. The lowest BCUT2D eigenvalue weighted by molar-refractivity contribution is -0.0211. The summed E-state index contributed by atoms with van der Waals surface area (Å²) in [6.07, 6.45) is 0.942. The van der Waals surface area contributed by atoms with Gasteiger partial charge in [0.05, 0.1) is 16.1 Å². The summed E-state index contributed by atoms with van der Waals surface area (Å²) in [5.41, 5.74) is 4.97. The number of nitrogens with two attached hydrogens (primary N) is 1. The van der Waals surface area contributed by atoms with Gasteiger partial charge in [0.2, 0.25) is 0 Å². The summed E-state index contributed by atoms with van der Waals surface area (Å²) in [4.78, 5) is 15.3. The molecule has 94 valence electrons. The van der Waals surface area contributed by atoms with Crippen molar-refractivity contribution in [1.29, 1.82) is 0 Å². The number of anilines is 1. The molecule has 1 aromatic heterocycles. The number of ether oxygens (including phenoxy) is 1. The molecule has 0 spiro atoms. The maximum Gasteiger partial charge on any atom is 0.351 e. The number of aromatic nitrogens is 2. The van der Waals surface area contributed by atoms with Crippen molar-refractivity contribution in [1.82, 2.24) is 9.55 Å². The minimum absolute atomic E-state index is 0.180. The summed E-state index contributed by atoms with van der Waals surface area (Å²) >= 11 is 2.09. The molecule has 1 aromatic rings. The van der Waals surface area contributed by atoms with Gasteiger partial charge in [-0.15, -0.1) is 0 Å². The first-order valence-electron chi connectivity index (χ1n) is 5.37. The van der Waals surface area contributed by atoms with Gasteiger partial charge in [-0.2, -0.15) is 4.98 Å². The van der Waals surface area contributed by atoms with E-state index in [1.807, 2.05) is 6.92 Å². The zero-order valence-electron chi connectivity index (χ0n) is 9.28. The van der Waals surface area contributed by atoms with Crippen molar-refractivity contribution < 1.29 is 9.84 Å². The Balaban J connectivity index is 2.32. The molecule has 0 radical (unpaired) electrons. The second-order valence-electron chi connectivity index (χ2n) is 3.95. The monoisotopic (exact) mass is 351 g/mol. The number of nitrogen functional groups attached to an aromatic ring is 1. The molecule has 1 fully saturated rings. The molecule has 4 atom stereocenters. The first kappa shape index (κ1) is 12.8. The summed E-state index contributed by atoms with van der Waals surface area (Å²) in [5.74, 6) is 0.182. The smallest absolute Gasteiger partial charge is 0.351 e. The zero-order chi connectivity index (χ0) is 12.6. The lowest BCUT2D eigenvalue weighted by Gasteiger charge is -2.16. The molecule has 17 heavy (non-hydrogen) atoms. The van der Waals surface area contributed by atoms with Crippen LogP contribution in [0.1, 0.15) is 19.6 Å². The standard InChI is InChI=1S/C10H14IN3O3/c1-2-5-8(15)7(11)9(17-5)14-4-3-6(12)13-10(14)16/h3-5,7-9,15H,2H2,1H3,(H2,12,13,16)/t5-,7?,8?,9-/m1/s1. The number of halogens is 1. The molecule has 0 aliphatic carbocycles. The summed E-state index contributed by atoms with van der Waals surface area (Å²) in [6.45, 7) is 1.93. The van der Waals surface area contributed by atoms with Crippen molar-refractivity contribution >= 4 is 28.4 Å². The summed E-state index contributed by atoms with van der Waals surface area (Å²) in [7, 11) is 0. The maximum atomic E-state index is 11.7. The van der Waals surface area contributed by atoms with Crippen LogP contribution in [-0.2, 0) is 4.74 Å². The molecule has 2 unspecified atom stereocenters. The first-order chi connectivity index (χ1) is 8.04. The highest BCUT2D eigenvalue weighted by molar-refractivity contribution is 14.1. The lowest BCUT2D eigenvalue weighted by Crippen LogP contribution is -2.32. The molecular weight excluding hydrogens is 337 g/mol. The Hall–Kier alpha value is -0.670. The van der Waals surface area contributed by atoms with Gasteiger partial charge in [-0.3, -0.25) is 4.57 Å². The van der Waals surface area contributed by atoms with Crippen LogP contribution in [0.5, 0.6) is 0 Å². The van der Waals surface area contributed by atoms with Gasteiger partial charge in [-0.1, -0.05) is 29.5 Å². The summed E-state index contributed by atoms with van der Waals surface area (Å²) < 4.78 is 6.85. The van der Waals surface area contributed by atoms with E-state index >= 15 is 0 Å². The molecule has 1 aliphatic rings. The summed E-state index contributed by atoms with van der Waals surface area (Å²) in [5, 5.41) is 9.94. The van der Waals surface area contributed by atoms with Crippen LogP contribution in [0.3, 0.4) is 0 Å². The highest BCUT2D eigenvalue weighted by Gasteiger charge is 2.42. The Morgan fingerprint density at radius 2 is 2.41 bits per heavy atom. The van der Waals surface area contributed by atoms with Crippen LogP contribution in [0.4, 0.5) is 5.82 Å². The van der Waals surface area contributed by atoms with E-state index in [1.165, 1.54) is 4.57 Å². The Morgan fingerprint density at radius 3 is 2.94 bits per heavy atom. The van der Waals surface area contributed by atoms with Gasteiger partial charge in [0.15, 0.2) is 6.23 Å². The Morgan fingerprint density at radius 1 is 1.71 bits per heavy atom. The minimum Gasteiger partial charge on any atom is -0.389 e. The fourth-order valence-corrected chi connectivity index (χ4v) is 2.86. The average Bonchev–Trinajstić information content (AvgIpc) is 2.57. The average molecular weight is 351 g/mol. The number of alkyl halides is 1. The van der Waals surface area contributed by atoms with Crippen LogP contribution >= 0.6 is 22.6 Å². The second-order valence-corrected chi connectivity index (χ2v) is 5.39. The quantitative estimate of drug-likeness (QED) is 0.591. The molecule has 0 aromatic carbocycles. The minimum atomic E-state index is -0.574. The van der Waals surface area contributed by atoms with Gasteiger partial charge in [0.1, 0.15) is 5.82 Å². The molecule has 2 rings (SSSR count). The number of aliphatic hydroxyl groups excluding tert-OH is 1. The van der Waals surface area contributed by atoms with Gasteiger partial charge in [-0.05, 0) is 12.5 Å². The number of hydrogen-bond donors (Lipinski definition) is 2. The Labute approximate surface area is 112 Å².